The van der Waals surface area contributed by atoms with Crippen LogP contribution in [0.25, 0.3) is 11.0 Å². The van der Waals surface area contributed by atoms with Crippen LogP contribution in [-0.4, -0.2) is 36.2 Å². The monoisotopic (exact) mass is 286 g/mol. The van der Waals surface area contributed by atoms with Crippen LogP contribution in [0.5, 0.6) is 5.75 Å². The standard InChI is InChI=1S/C16H18N2O3/c19-13-1-2-14-10(3-16(20)21-15(14)4-13)7-18-8-11-5-17-6-12(11)9-18/h1-4,11-12,17,19H,5-9H2/t11-,12+. The molecule has 0 aliphatic carbocycles. The molecule has 0 spiro atoms. The van der Waals surface area contributed by atoms with Crippen LogP contribution in [0.2, 0.25) is 0 Å². The van der Waals surface area contributed by atoms with Gasteiger partial charge in [-0.15, -0.1) is 0 Å². The lowest BCUT2D eigenvalue weighted by Crippen LogP contribution is -2.25. The normalized spacial score (nSPS) is 25.5. The van der Waals surface area contributed by atoms with Gasteiger partial charge in [0, 0.05) is 37.2 Å². The molecule has 21 heavy (non-hydrogen) atoms. The molecule has 110 valence electrons. The molecule has 1 aromatic heterocycles. The Hall–Kier alpha value is -1.85. The van der Waals surface area contributed by atoms with Crippen molar-refractivity contribution in [3.63, 3.8) is 0 Å². The van der Waals surface area contributed by atoms with E-state index < -0.39 is 0 Å². The topological polar surface area (TPSA) is 65.7 Å². The zero-order valence-electron chi connectivity index (χ0n) is 11.7. The average molecular weight is 286 g/mol. The second kappa shape index (κ2) is 4.86. The Labute approximate surface area is 122 Å². The number of phenolic OH excluding ortho intramolecular Hbond substituents is 1. The van der Waals surface area contributed by atoms with Crippen LogP contribution >= 0.6 is 0 Å². The third-order valence-corrected chi connectivity index (χ3v) is 4.67. The van der Waals surface area contributed by atoms with Crippen molar-refractivity contribution in [3.05, 3.63) is 40.2 Å². The summed E-state index contributed by atoms with van der Waals surface area (Å²) in [6.07, 6.45) is 0. The lowest BCUT2D eigenvalue weighted by molar-refractivity contribution is 0.306. The highest BCUT2D eigenvalue weighted by atomic mass is 16.4. The zero-order chi connectivity index (χ0) is 14.4. The van der Waals surface area contributed by atoms with E-state index in [0.29, 0.717) is 5.58 Å². The maximum Gasteiger partial charge on any atom is 0.336 e. The van der Waals surface area contributed by atoms with E-state index in [9.17, 15) is 9.90 Å². The molecule has 0 bridgehead atoms. The number of nitrogens with one attached hydrogen (secondary N) is 1. The summed E-state index contributed by atoms with van der Waals surface area (Å²) >= 11 is 0. The van der Waals surface area contributed by atoms with Crippen molar-refractivity contribution in [2.75, 3.05) is 26.2 Å². The first-order valence-corrected chi connectivity index (χ1v) is 7.38. The van der Waals surface area contributed by atoms with Crippen molar-refractivity contribution < 1.29 is 9.52 Å². The summed E-state index contributed by atoms with van der Waals surface area (Å²) in [5.74, 6) is 1.59. The van der Waals surface area contributed by atoms with Crippen molar-refractivity contribution >= 4 is 11.0 Å². The summed E-state index contributed by atoms with van der Waals surface area (Å²) in [5, 5.41) is 13.9. The van der Waals surface area contributed by atoms with E-state index >= 15 is 0 Å². The van der Waals surface area contributed by atoms with Crippen molar-refractivity contribution in [1.82, 2.24) is 10.2 Å². The van der Waals surface area contributed by atoms with Crippen LogP contribution in [-0.2, 0) is 6.54 Å². The van der Waals surface area contributed by atoms with Gasteiger partial charge in [0.2, 0.25) is 0 Å². The van der Waals surface area contributed by atoms with Gasteiger partial charge >= 0.3 is 5.63 Å². The molecular weight excluding hydrogens is 268 g/mol. The van der Waals surface area contributed by atoms with E-state index in [1.54, 1.807) is 12.1 Å². The Morgan fingerprint density at radius 2 is 2.00 bits per heavy atom. The molecule has 3 heterocycles. The molecular formula is C16H18N2O3. The van der Waals surface area contributed by atoms with Crippen LogP contribution in [0.4, 0.5) is 0 Å². The molecule has 5 heteroatoms. The van der Waals surface area contributed by atoms with Crippen molar-refractivity contribution in [1.29, 1.82) is 0 Å². The second-order valence-corrected chi connectivity index (χ2v) is 6.14. The molecule has 0 unspecified atom stereocenters. The number of phenols is 1. The first kappa shape index (κ1) is 12.9. The minimum atomic E-state index is -0.357. The van der Waals surface area contributed by atoms with Crippen LogP contribution in [0.15, 0.2) is 33.5 Å². The van der Waals surface area contributed by atoms with E-state index in [0.717, 1.165) is 55.5 Å². The number of hydrogen-bond acceptors (Lipinski definition) is 5. The highest BCUT2D eigenvalue weighted by molar-refractivity contribution is 5.81. The predicted octanol–water partition coefficient (Wildman–Crippen LogP) is 1.15. The van der Waals surface area contributed by atoms with E-state index in [2.05, 4.69) is 10.2 Å². The minimum absolute atomic E-state index is 0.115. The smallest absolute Gasteiger partial charge is 0.336 e. The molecule has 2 saturated heterocycles. The van der Waals surface area contributed by atoms with Gasteiger partial charge in [-0.2, -0.15) is 0 Å². The molecule has 0 saturated carbocycles. The van der Waals surface area contributed by atoms with Gasteiger partial charge in [-0.05, 0) is 42.6 Å². The van der Waals surface area contributed by atoms with Crippen LogP contribution < -0.4 is 10.9 Å². The Balaban J connectivity index is 1.66. The molecule has 2 aliphatic rings. The fourth-order valence-electron chi connectivity index (χ4n) is 3.67. The zero-order valence-corrected chi connectivity index (χ0v) is 11.7. The van der Waals surface area contributed by atoms with Crippen molar-refractivity contribution in [3.8, 4) is 5.75 Å². The van der Waals surface area contributed by atoms with E-state index in [4.69, 9.17) is 4.42 Å². The third kappa shape index (κ3) is 2.32. The van der Waals surface area contributed by atoms with E-state index in [1.807, 2.05) is 6.07 Å². The summed E-state index contributed by atoms with van der Waals surface area (Å²) in [7, 11) is 0. The third-order valence-electron chi connectivity index (χ3n) is 4.67. The highest BCUT2D eigenvalue weighted by Gasteiger charge is 2.35. The molecule has 0 radical (unpaired) electrons. The number of hydrogen-bond donors (Lipinski definition) is 2. The number of aromatic hydroxyl groups is 1. The van der Waals surface area contributed by atoms with Gasteiger partial charge in [0.1, 0.15) is 11.3 Å². The molecule has 0 amide bonds. The Kier molecular flexibility index (Phi) is 2.97. The van der Waals surface area contributed by atoms with Crippen LogP contribution in [0.1, 0.15) is 5.56 Å². The average Bonchev–Trinajstić information content (AvgIpc) is 2.98. The van der Waals surface area contributed by atoms with Gasteiger partial charge in [-0.3, -0.25) is 4.90 Å². The van der Waals surface area contributed by atoms with Crippen LogP contribution in [0, 0.1) is 11.8 Å². The molecule has 2 fully saturated rings. The van der Waals surface area contributed by atoms with Gasteiger partial charge in [-0.25, -0.2) is 4.79 Å². The maximum atomic E-state index is 11.7. The molecule has 2 aliphatic heterocycles. The lowest BCUT2D eigenvalue weighted by Gasteiger charge is -2.17. The Morgan fingerprint density at radius 1 is 1.24 bits per heavy atom. The number of benzene rings is 1. The second-order valence-electron chi connectivity index (χ2n) is 6.14. The molecule has 5 nitrogen and oxygen atoms in total. The number of nitrogens with zero attached hydrogens (tertiary/aromatic N) is 1. The summed E-state index contributed by atoms with van der Waals surface area (Å²) in [4.78, 5) is 14.1. The number of rotatable bonds is 2. The lowest BCUT2D eigenvalue weighted by atomic mass is 10.0. The molecule has 2 aromatic rings. The Morgan fingerprint density at radius 3 is 2.76 bits per heavy atom. The SMILES string of the molecule is O=c1cc(CN2C[C@H]3CNC[C@H]3C2)c2ccc(O)cc2o1. The van der Waals surface area contributed by atoms with Gasteiger partial charge in [-0.1, -0.05) is 0 Å². The summed E-state index contributed by atoms with van der Waals surface area (Å²) in [5.41, 5.74) is 1.08. The number of fused-ring (bicyclic) bond motifs is 2. The minimum Gasteiger partial charge on any atom is -0.508 e. The van der Waals surface area contributed by atoms with E-state index in [-0.39, 0.29) is 11.4 Å². The van der Waals surface area contributed by atoms with Gasteiger partial charge in [0.15, 0.2) is 0 Å². The summed E-state index contributed by atoms with van der Waals surface area (Å²) in [6, 6.07) is 6.53. The molecule has 2 atom stereocenters. The molecule has 2 N–H and O–H groups in total. The summed E-state index contributed by atoms with van der Waals surface area (Å²) < 4.78 is 5.18. The molecule has 1 aromatic carbocycles. The predicted molar refractivity (Wildman–Crippen MR) is 79.3 cm³/mol. The maximum absolute atomic E-state index is 11.7. The largest absolute Gasteiger partial charge is 0.508 e. The van der Waals surface area contributed by atoms with Crippen LogP contribution in [0.3, 0.4) is 0 Å². The van der Waals surface area contributed by atoms with Crippen molar-refractivity contribution in [2.45, 2.75) is 6.54 Å². The Bertz CT molecular complexity index is 728. The van der Waals surface area contributed by atoms with Gasteiger partial charge in [0.05, 0.1) is 0 Å². The fraction of sp³-hybridized carbons (Fsp3) is 0.438. The molecule has 4 rings (SSSR count). The van der Waals surface area contributed by atoms with E-state index in [1.165, 1.54) is 6.07 Å². The fourth-order valence-corrected chi connectivity index (χ4v) is 3.67. The summed E-state index contributed by atoms with van der Waals surface area (Å²) in [6.45, 7) is 5.13. The quantitative estimate of drug-likeness (QED) is 0.811. The first-order chi connectivity index (χ1) is 10.2. The number of likely N-dealkylation sites (tertiary alicyclic amines) is 1. The van der Waals surface area contributed by atoms with Crippen molar-refractivity contribution in [2.24, 2.45) is 11.8 Å². The first-order valence-electron chi connectivity index (χ1n) is 7.38. The highest BCUT2D eigenvalue weighted by Crippen LogP contribution is 2.29. The van der Waals surface area contributed by atoms with Gasteiger partial charge < -0.3 is 14.8 Å². The van der Waals surface area contributed by atoms with Gasteiger partial charge in [0.25, 0.3) is 0 Å².